The van der Waals surface area contributed by atoms with E-state index in [4.69, 9.17) is 5.73 Å². The molecule has 0 aliphatic rings. The highest BCUT2D eigenvalue weighted by atomic mass is 16.3. The molecule has 0 saturated carbocycles. The van der Waals surface area contributed by atoms with Crippen LogP contribution in [0.2, 0.25) is 0 Å². The summed E-state index contributed by atoms with van der Waals surface area (Å²) in [6.45, 7) is 2.24. The van der Waals surface area contributed by atoms with Crippen molar-refractivity contribution >= 4 is 0 Å². The van der Waals surface area contributed by atoms with Gasteiger partial charge in [-0.05, 0) is 12.5 Å². The first-order chi connectivity index (χ1) is 6.12. The van der Waals surface area contributed by atoms with Crippen molar-refractivity contribution in [2.24, 2.45) is 12.8 Å². The van der Waals surface area contributed by atoms with Crippen molar-refractivity contribution in [1.82, 2.24) is 9.78 Å². The van der Waals surface area contributed by atoms with E-state index in [1.807, 2.05) is 26.2 Å². The van der Waals surface area contributed by atoms with Gasteiger partial charge in [-0.2, -0.15) is 5.10 Å². The zero-order valence-electron chi connectivity index (χ0n) is 8.20. The first-order valence-electron chi connectivity index (χ1n) is 4.55. The molecule has 0 spiro atoms. The quantitative estimate of drug-likeness (QED) is 0.708. The number of aromatic nitrogens is 2. The normalized spacial score (nSPS) is 15.7. The van der Waals surface area contributed by atoms with Crippen LogP contribution < -0.4 is 5.73 Å². The second-order valence-electron chi connectivity index (χ2n) is 3.36. The third kappa shape index (κ3) is 2.08. The van der Waals surface area contributed by atoms with E-state index in [9.17, 15) is 5.11 Å². The fourth-order valence-electron chi connectivity index (χ4n) is 1.41. The zero-order chi connectivity index (χ0) is 9.90. The SMILES string of the molecule is CCCC(O)(CN)c1ccn(C)n1. The Bertz CT molecular complexity index is 272. The van der Waals surface area contributed by atoms with Gasteiger partial charge in [0.15, 0.2) is 0 Å². The summed E-state index contributed by atoms with van der Waals surface area (Å²) in [5.41, 5.74) is 5.25. The lowest BCUT2D eigenvalue weighted by Crippen LogP contribution is -2.35. The van der Waals surface area contributed by atoms with Crippen LogP contribution in [0.5, 0.6) is 0 Å². The second kappa shape index (κ2) is 3.89. The van der Waals surface area contributed by atoms with Gasteiger partial charge in [0.05, 0.1) is 5.69 Å². The molecule has 1 aromatic heterocycles. The molecule has 0 amide bonds. The third-order valence-electron chi connectivity index (χ3n) is 2.19. The largest absolute Gasteiger partial charge is 0.382 e. The van der Waals surface area contributed by atoms with Crippen molar-refractivity contribution in [1.29, 1.82) is 0 Å². The van der Waals surface area contributed by atoms with Crippen molar-refractivity contribution < 1.29 is 5.11 Å². The lowest BCUT2D eigenvalue weighted by atomic mass is 9.94. The van der Waals surface area contributed by atoms with Crippen LogP contribution in [0, 0.1) is 0 Å². The van der Waals surface area contributed by atoms with E-state index >= 15 is 0 Å². The van der Waals surface area contributed by atoms with Crippen LogP contribution in [0.25, 0.3) is 0 Å². The van der Waals surface area contributed by atoms with E-state index in [0.29, 0.717) is 12.1 Å². The summed E-state index contributed by atoms with van der Waals surface area (Å²) in [5, 5.41) is 14.3. The Morgan fingerprint density at radius 1 is 1.69 bits per heavy atom. The van der Waals surface area contributed by atoms with Crippen LogP contribution in [-0.2, 0) is 12.6 Å². The number of hydrogen-bond donors (Lipinski definition) is 2. The van der Waals surface area contributed by atoms with Crippen molar-refractivity contribution in [3.8, 4) is 0 Å². The first kappa shape index (κ1) is 10.2. The van der Waals surface area contributed by atoms with Gasteiger partial charge in [-0.15, -0.1) is 0 Å². The van der Waals surface area contributed by atoms with Gasteiger partial charge in [-0.3, -0.25) is 4.68 Å². The molecule has 74 valence electrons. The maximum absolute atomic E-state index is 10.1. The van der Waals surface area contributed by atoms with Crippen molar-refractivity contribution in [3.05, 3.63) is 18.0 Å². The first-order valence-corrected chi connectivity index (χ1v) is 4.55. The predicted octanol–water partition coefficient (Wildman–Crippen LogP) is 0.366. The molecule has 0 aromatic carbocycles. The van der Waals surface area contributed by atoms with Gasteiger partial charge in [0.25, 0.3) is 0 Å². The topological polar surface area (TPSA) is 64.1 Å². The molecule has 13 heavy (non-hydrogen) atoms. The van der Waals surface area contributed by atoms with Crippen LogP contribution in [-0.4, -0.2) is 21.4 Å². The minimum Gasteiger partial charge on any atom is -0.382 e. The molecular formula is C9H17N3O. The Kier molecular flexibility index (Phi) is 3.06. The molecule has 0 radical (unpaired) electrons. The number of nitrogens with two attached hydrogens (primary N) is 1. The average Bonchev–Trinajstić information content (AvgIpc) is 2.52. The smallest absolute Gasteiger partial charge is 0.120 e. The molecule has 1 atom stereocenters. The summed E-state index contributed by atoms with van der Waals surface area (Å²) in [5.74, 6) is 0. The van der Waals surface area contributed by atoms with Gasteiger partial charge in [-0.25, -0.2) is 0 Å². The summed E-state index contributed by atoms with van der Waals surface area (Å²) in [6.07, 6.45) is 3.36. The van der Waals surface area contributed by atoms with Gasteiger partial charge in [0.1, 0.15) is 5.60 Å². The highest BCUT2D eigenvalue weighted by Crippen LogP contribution is 2.23. The lowest BCUT2D eigenvalue weighted by Gasteiger charge is -2.23. The van der Waals surface area contributed by atoms with E-state index in [1.54, 1.807) is 4.68 Å². The number of rotatable bonds is 4. The zero-order valence-corrected chi connectivity index (χ0v) is 8.20. The molecule has 0 fully saturated rings. The van der Waals surface area contributed by atoms with Crippen LogP contribution in [0.3, 0.4) is 0 Å². The van der Waals surface area contributed by atoms with Crippen molar-refractivity contribution in [3.63, 3.8) is 0 Å². The maximum Gasteiger partial charge on any atom is 0.120 e. The highest BCUT2D eigenvalue weighted by Gasteiger charge is 2.28. The molecule has 0 saturated heterocycles. The van der Waals surface area contributed by atoms with E-state index < -0.39 is 5.60 Å². The highest BCUT2D eigenvalue weighted by molar-refractivity contribution is 5.10. The van der Waals surface area contributed by atoms with Crippen LogP contribution >= 0.6 is 0 Å². The number of hydrogen-bond acceptors (Lipinski definition) is 3. The predicted molar refractivity (Wildman–Crippen MR) is 51.1 cm³/mol. The molecule has 1 rings (SSSR count). The Hall–Kier alpha value is -0.870. The molecule has 4 heteroatoms. The molecule has 4 nitrogen and oxygen atoms in total. The fraction of sp³-hybridized carbons (Fsp3) is 0.667. The molecule has 1 heterocycles. The minimum absolute atomic E-state index is 0.220. The van der Waals surface area contributed by atoms with E-state index in [0.717, 1.165) is 6.42 Å². The molecule has 0 bridgehead atoms. The standard InChI is InChI=1S/C9H17N3O/c1-3-5-9(13,7-10)8-4-6-12(2)11-8/h4,6,13H,3,5,7,10H2,1-2H3. The number of nitrogens with zero attached hydrogens (tertiary/aromatic N) is 2. The minimum atomic E-state index is -0.948. The van der Waals surface area contributed by atoms with E-state index in [1.165, 1.54) is 0 Å². The monoisotopic (exact) mass is 183 g/mol. The van der Waals surface area contributed by atoms with Crippen molar-refractivity contribution in [2.75, 3.05) is 6.54 Å². The molecule has 1 unspecified atom stereocenters. The Balaban J connectivity index is 2.88. The molecule has 0 aliphatic carbocycles. The van der Waals surface area contributed by atoms with E-state index in [2.05, 4.69) is 5.10 Å². The number of aliphatic hydroxyl groups is 1. The summed E-state index contributed by atoms with van der Waals surface area (Å²) in [7, 11) is 1.83. The van der Waals surface area contributed by atoms with Gasteiger partial charge in [-0.1, -0.05) is 13.3 Å². The van der Waals surface area contributed by atoms with Crippen LogP contribution in [0.15, 0.2) is 12.3 Å². The summed E-state index contributed by atoms with van der Waals surface area (Å²) in [6, 6.07) is 1.81. The average molecular weight is 183 g/mol. The Morgan fingerprint density at radius 2 is 2.38 bits per heavy atom. The molecule has 0 aliphatic heterocycles. The molecule has 1 aromatic rings. The Labute approximate surface area is 78.4 Å². The van der Waals surface area contributed by atoms with Gasteiger partial charge in [0, 0.05) is 19.8 Å². The summed E-state index contributed by atoms with van der Waals surface area (Å²) in [4.78, 5) is 0. The van der Waals surface area contributed by atoms with Gasteiger partial charge < -0.3 is 10.8 Å². The summed E-state index contributed by atoms with van der Waals surface area (Å²) >= 11 is 0. The lowest BCUT2D eigenvalue weighted by molar-refractivity contribution is 0.0310. The maximum atomic E-state index is 10.1. The van der Waals surface area contributed by atoms with E-state index in [-0.39, 0.29) is 6.54 Å². The van der Waals surface area contributed by atoms with Gasteiger partial charge >= 0.3 is 0 Å². The second-order valence-corrected chi connectivity index (χ2v) is 3.36. The fourth-order valence-corrected chi connectivity index (χ4v) is 1.41. The molecule has 3 N–H and O–H groups in total. The van der Waals surface area contributed by atoms with Crippen LogP contribution in [0.4, 0.5) is 0 Å². The van der Waals surface area contributed by atoms with Gasteiger partial charge in [0.2, 0.25) is 0 Å². The van der Waals surface area contributed by atoms with Crippen LogP contribution in [0.1, 0.15) is 25.5 Å². The Morgan fingerprint density at radius 3 is 2.77 bits per heavy atom. The molecular weight excluding hydrogens is 166 g/mol. The van der Waals surface area contributed by atoms with Crippen molar-refractivity contribution in [2.45, 2.75) is 25.4 Å². The number of aryl methyl sites for hydroxylation is 1. The summed E-state index contributed by atoms with van der Waals surface area (Å²) < 4.78 is 1.67. The third-order valence-corrected chi connectivity index (χ3v) is 2.19.